The molecule has 0 spiro atoms. The van der Waals surface area contributed by atoms with Gasteiger partial charge < -0.3 is 5.32 Å². The molecule has 1 aliphatic rings. The Morgan fingerprint density at radius 3 is 2.64 bits per heavy atom. The monoisotopic (exact) mass is 328 g/mol. The Morgan fingerprint density at radius 1 is 1.23 bits per heavy atom. The quantitative estimate of drug-likeness (QED) is 0.841. The molecule has 22 heavy (non-hydrogen) atoms. The van der Waals surface area contributed by atoms with Gasteiger partial charge in [0, 0.05) is 5.69 Å². The highest BCUT2D eigenvalue weighted by molar-refractivity contribution is 7.89. The molecule has 1 amide bonds. The summed E-state index contributed by atoms with van der Waals surface area (Å²) in [6.45, 7) is -0.342. The average molecular weight is 328 g/mol. The molecule has 0 radical (unpaired) electrons. The summed E-state index contributed by atoms with van der Waals surface area (Å²) >= 11 is 0. The van der Waals surface area contributed by atoms with Crippen molar-refractivity contribution in [3.63, 3.8) is 0 Å². The second-order valence-electron chi connectivity index (χ2n) is 5.67. The van der Waals surface area contributed by atoms with Crippen molar-refractivity contribution in [2.75, 3.05) is 17.6 Å². The van der Waals surface area contributed by atoms with Gasteiger partial charge in [0.1, 0.15) is 5.82 Å². The van der Waals surface area contributed by atoms with Crippen molar-refractivity contribution >= 4 is 21.6 Å². The molecule has 7 heteroatoms. The van der Waals surface area contributed by atoms with Gasteiger partial charge in [-0.3, -0.25) is 4.79 Å². The van der Waals surface area contributed by atoms with Crippen LogP contribution in [0, 0.1) is 11.7 Å². The van der Waals surface area contributed by atoms with Gasteiger partial charge in [-0.15, -0.1) is 0 Å². The number of rotatable bonds is 6. The first-order valence-electron chi connectivity index (χ1n) is 7.47. The van der Waals surface area contributed by atoms with Gasteiger partial charge in [-0.1, -0.05) is 25.3 Å². The van der Waals surface area contributed by atoms with E-state index in [0.29, 0.717) is 5.69 Å². The molecule has 122 valence electrons. The summed E-state index contributed by atoms with van der Waals surface area (Å²) in [5.74, 6) is -0.730. The second-order valence-corrected chi connectivity index (χ2v) is 7.52. The van der Waals surface area contributed by atoms with Crippen LogP contribution in [0.25, 0.3) is 0 Å². The Kier molecular flexibility index (Phi) is 5.90. The maximum atomic E-state index is 13.0. The van der Waals surface area contributed by atoms with Gasteiger partial charge in [0.2, 0.25) is 15.9 Å². The van der Waals surface area contributed by atoms with Crippen LogP contribution in [0.15, 0.2) is 24.3 Å². The lowest BCUT2D eigenvalue weighted by molar-refractivity contribution is -0.115. The lowest BCUT2D eigenvalue weighted by atomic mass is 9.91. The minimum Gasteiger partial charge on any atom is -0.325 e. The number of hydrogen-bond acceptors (Lipinski definition) is 3. The molecule has 0 unspecified atom stereocenters. The van der Waals surface area contributed by atoms with Gasteiger partial charge in [0.25, 0.3) is 0 Å². The zero-order valence-corrected chi connectivity index (χ0v) is 13.2. The Balaban J connectivity index is 1.79. The highest BCUT2D eigenvalue weighted by atomic mass is 32.2. The highest BCUT2D eigenvalue weighted by Gasteiger charge is 2.21. The van der Waals surface area contributed by atoms with Crippen LogP contribution in [-0.4, -0.2) is 26.6 Å². The third kappa shape index (κ3) is 5.73. The number of benzene rings is 1. The predicted molar refractivity (Wildman–Crippen MR) is 83.4 cm³/mol. The first-order valence-corrected chi connectivity index (χ1v) is 9.12. The molecular formula is C15H21FN2O3S. The minimum absolute atomic E-state index is 0.0697. The molecule has 1 fully saturated rings. The van der Waals surface area contributed by atoms with Crippen LogP contribution in [-0.2, 0) is 14.8 Å². The van der Waals surface area contributed by atoms with Crippen LogP contribution in [0.2, 0.25) is 0 Å². The van der Waals surface area contributed by atoms with Crippen LogP contribution in [0.4, 0.5) is 10.1 Å². The van der Waals surface area contributed by atoms with E-state index in [-0.39, 0.29) is 18.2 Å². The first-order chi connectivity index (χ1) is 10.4. The van der Waals surface area contributed by atoms with E-state index in [0.717, 1.165) is 25.7 Å². The third-order valence-corrected chi connectivity index (χ3v) is 5.24. The normalized spacial score (nSPS) is 16.4. The van der Waals surface area contributed by atoms with Crippen LogP contribution >= 0.6 is 0 Å². The Labute approximate surface area is 130 Å². The van der Waals surface area contributed by atoms with E-state index >= 15 is 0 Å². The fourth-order valence-corrected chi connectivity index (χ4v) is 4.09. The summed E-state index contributed by atoms with van der Waals surface area (Å²) in [6, 6.07) is 5.45. The number of halogens is 1. The highest BCUT2D eigenvalue weighted by Crippen LogP contribution is 2.24. The van der Waals surface area contributed by atoms with Gasteiger partial charge in [-0.2, -0.15) is 0 Å². The molecule has 1 aliphatic carbocycles. The number of carbonyl (C=O) groups excluding carboxylic acids is 1. The molecule has 1 saturated carbocycles. The van der Waals surface area contributed by atoms with E-state index < -0.39 is 21.7 Å². The van der Waals surface area contributed by atoms with E-state index in [4.69, 9.17) is 0 Å². The molecule has 0 atom stereocenters. The summed E-state index contributed by atoms with van der Waals surface area (Å²) in [5, 5.41) is 2.45. The Morgan fingerprint density at radius 2 is 1.95 bits per heavy atom. The third-order valence-electron chi connectivity index (χ3n) is 3.74. The minimum atomic E-state index is -3.46. The fraction of sp³-hybridized carbons (Fsp3) is 0.533. The van der Waals surface area contributed by atoms with Gasteiger partial charge >= 0.3 is 0 Å². The van der Waals surface area contributed by atoms with Crippen molar-refractivity contribution in [1.82, 2.24) is 4.72 Å². The van der Waals surface area contributed by atoms with E-state index in [9.17, 15) is 17.6 Å². The van der Waals surface area contributed by atoms with Crippen molar-refractivity contribution in [3.8, 4) is 0 Å². The predicted octanol–water partition coefficient (Wildman–Crippen LogP) is 2.26. The zero-order valence-electron chi connectivity index (χ0n) is 12.3. The molecule has 5 nitrogen and oxygen atoms in total. The second kappa shape index (κ2) is 7.69. The van der Waals surface area contributed by atoms with Crippen LogP contribution in [0.5, 0.6) is 0 Å². The van der Waals surface area contributed by atoms with E-state index in [1.54, 1.807) is 0 Å². The van der Waals surface area contributed by atoms with Gasteiger partial charge in [-0.25, -0.2) is 17.5 Å². The number of anilines is 1. The molecule has 0 saturated heterocycles. The van der Waals surface area contributed by atoms with Crippen molar-refractivity contribution in [1.29, 1.82) is 0 Å². The topological polar surface area (TPSA) is 75.3 Å². The smallest absolute Gasteiger partial charge is 0.239 e. The van der Waals surface area contributed by atoms with Crippen LogP contribution in [0.3, 0.4) is 0 Å². The standard InChI is InChI=1S/C15H21FN2O3S/c16-13-7-4-8-14(9-13)18-15(19)10-17-22(20,21)11-12-5-2-1-3-6-12/h4,7-9,12,17H,1-3,5-6,10-11H2,(H,18,19). The summed E-state index contributed by atoms with van der Waals surface area (Å²) in [5.41, 5.74) is 0.302. The van der Waals surface area contributed by atoms with Crippen molar-refractivity contribution < 1.29 is 17.6 Å². The maximum absolute atomic E-state index is 13.0. The molecule has 1 aromatic rings. The van der Waals surface area contributed by atoms with E-state index in [1.807, 2.05) is 0 Å². The number of hydrogen-bond donors (Lipinski definition) is 2. The summed E-state index contributed by atoms with van der Waals surface area (Å²) < 4.78 is 39.2. The van der Waals surface area contributed by atoms with Gasteiger partial charge in [-0.05, 0) is 37.0 Å². The van der Waals surface area contributed by atoms with Crippen LogP contribution < -0.4 is 10.0 Å². The lowest BCUT2D eigenvalue weighted by Crippen LogP contribution is -2.36. The summed E-state index contributed by atoms with van der Waals surface area (Å²) in [4.78, 5) is 11.7. The molecular weight excluding hydrogens is 307 g/mol. The number of nitrogens with one attached hydrogen (secondary N) is 2. The molecule has 1 aromatic carbocycles. The van der Waals surface area contributed by atoms with E-state index in [2.05, 4.69) is 10.0 Å². The number of sulfonamides is 1. The fourth-order valence-electron chi connectivity index (χ4n) is 2.67. The SMILES string of the molecule is O=C(CNS(=O)(=O)CC1CCCCC1)Nc1cccc(F)c1. The van der Waals surface area contributed by atoms with Crippen molar-refractivity contribution in [3.05, 3.63) is 30.1 Å². The van der Waals surface area contributed by atoms with Crippen LogP contribution in [0.1, 0.15) is 32.1 Å². The summed E-state index contributed by atoms with van der Waals surface area (Å²) in [6.07, 6.45) is 5.16. The number of amides is 1. The molecule has 0 bridgehead atoms. The van der Waals surface area contributed by atoms with E-state index in [1.165, 1.54) is 30.7 Å². The zero-order chi connectivity index (χ0) is 16.0. The largest absolute Gasteiger partial charge is 0.325 e. The van der Waals surface area contributed by atoms with Crippen molar-refractivity contribution in [2.24, 2.45) is 5.92 Å². The number of carbonyl (C=O) groups is 1. The Bertz CT molecular complexity index is 613. The Hall–Kier alpha value is -1.47. The molecule has 0 heterocycles. The average Bonchev–Trinajstić information content (AvgIpc) is 2.46. The van der Waals surface area contributed by atoms with Crippen molar-refractivity contribution in [2.45, 2.75) is 32.1 Å². The lowest BCUT2D eigenvalue weighted by Gasteiger charge is -2.21. The molecule has 2 N–H and O–H groups in total. The summed E-state index contributed by atoms with van der Waals surface area (Å²) in [7, 11) is -3.46. The maximum Gasteiger partial charge on any atom is 0.239 e. The van der Waals surface area contributed by atoms with Gasteiger partial charge in [0.05, 0.1) is 12.3 Å². The molecule has 0 aliphatic heterocycles. The van der Waals surface area contributed by atoms with Gasteiger partial charge in [0.15, 0.2) is 0 Å². The molecule has 2 rings (SSSR count). The molecule has 0 aromatic heterocycles. The first kappa shape index (κ1) is 16.9.